The highest BCUT2D eigenvalue weighted by molar-refractivity contribution is 5.88. The maximum Gasteiger partial charge on any atom is 0.408 e. The van der Waals surface area contributed by atoms with Gasteiger partial charge in [0.1, 0.15) is 12.4 Å². The molecule has 5 rings (SSSR count). The lowest BCUT2D eigenvalue weighted by atomic mass is 10.2. The highest BCUT2D eigenvalue weighted by atomic mass is 19.4. The number of hydrogen-bond acceptors (Lipinski definition) is 5. The molecular formula is C19H18F3N5O. The normalized spacial score (nSPS) is 22.2. The molecule has 2 bridgehead atoms. The second kappa shape index (κ2) is 6.44. The van der Waals surface area contributed by atoms with E-state index in [1.165, 1.54) is 6.20 Å². The zero-order valence-electron chi connectivity index (χ0n) is 14.9. The van der Waals surface area contributed by atoms with Crippen molar-refractivity contribution in [2.24, 2.45) is 0 Å². The molecule has 0 saturated carbocycles. The largest absolute Gasteiger partial charge is 0.408 e. The number of anilines is 1. The van der Waals surface area contributed by atoms with Gasteiger partial charge in [-0.3, -0.25) is 0 Å². The van der Waals surface area contributed by atoms with Gasteiger partial charge in [0.15, 0.2) is 11.5 Å². The Kier molecular flexibility index (Phi) is 4.01. The third kappa shape index (κ3) is 3.19. The molecular weight excluding hydrogens is 371 g/mol. The Morgan fingerprint density at radius 1 is 1.04 bits per heavy atom. The number of nitrogens with zero attached hydrogens (tertiary/aromatic N) is 5. The molecule has 0 amide bonds. The summed E-state index contributed by atoms with van der Waals surface area (Å²) in [7, 11) is 0. The summed E-state index contributed by atoms with van der Waals surface area (Å²) in [5, 5.41) is 4.49. The molecule has 0 aliphatic carbocycles. The van der Waals surface area contributed by atoms with Gasteiger partial charge in [0, 0.05) is 18.7 Å². The molecule has 28 heavy (non-hydrogen) atoms. The Balaban J connectivity index is 1.65. The maximum absolute atomic E-state index is 13.0. The number of rotatable bonds is 3. The van der Waals surface area contributed by atoms with Crippen LogP contribution in [0.5, 0.6) is 0 Å². The van der Waals surface area contributed by atoms with Crippen molar-refractivity contribution in [3.05, 3.63) is 36.5 Å². The van der Waals surface area contributed by atoms with E-state index < -0.39 is 12.7 Å². The molecule has 0 N–H and O–H groups in total. The minimum atomic E-state index is -4.38. The van der Waals surface area contributed by atoms with Crippen molar-refractivity contribution in [3.8, 4) is 11.4 Å². The highest BCUT2D eigenvalue weighted by Gasteiger charge is 2.36. The molecule has 2 fully saturated rings. The maximum atomic E-state index is 13.0. The number of ether oxygens (including phenoxy) is 1. The fourth-order valence-corrected chi connectivity index (χ4v) is 3.97. The number of alkyl halides is 3. The van der Waals surface area contributed by atoms with Gasteiger partial charge in [-0.15, -0.1) is 0 Å². The molecule has 2 unspecified atom stereocenters. The monoisotopic (exact) mass is 389 g/mol. The van der Waals surface area contributed by atoms with Gasteiger partial charge < -0.3 is 9.64 Å². The third-order valence-corrected chi connectivity index (χ3v) is 5.18. The van der Waals surface area contributed by atoms with Crippen molar-refractivity contribution in [1.29, 1.82) is 0 Å². The van der Waals surface area contributed by atoms with E-state index in [0.29, 0.717) is 30.1 Å². The predicted octanol–water partition coefficient (Wildman–Crippen LogP) is 3.42. The minimum absolute atomic E-state index is 0.133. The lowest BCUT2D eigenvalue weighted by molar-refractivity contribution is -0.141. The quantitative estimate of drug-likeness (QED) is 0.687. The van der Waals surface area contributed by atoms with E-state index in [1.807, 2.05) is 30.3 Å². The Morgan fingerprint density at radius 2 is 1.75 bits per heavy atom. The van der Waals surface area contributed by atoms with Gasteiger partial charge in [-0.25, -0.2) is 14.6 Å². The third-order valence-electron chi connectivity index (χ3n) is 5.18. The van der Waals surface area contributed by atoms with Crippen LogP contribution in [0.3, 0.4) is 0 Å². The summed E-state index contributed by atoms with van der Waals surface area (Å²) in [5.74, 6) is 1.02. The first-order valence-electron chi connectivity index (χ1n) is 9.22. The molecule has 0 spiro atoms. The fourth-order valence-electron chi connectivity index (χ4n) is 3.97. The van der Waals surface area contributed by atoms with Crippen molar-refractivity contribution in [1.82, 2.24) is 19.7 Å². The zero-order chi connectivity index (χ0) is 19.3. The van der Waals surface area contributed by atoms with E-state index in [2.05, 4.69) is 15.0 Å². The lowest BCUT2D eigenvalue weighted by Gasteiger charge is -2.33. The van der Waals surface area contributed by atoms with Crippen LogP contribution in [0.25, 0.3) is 22.4 Å². The summed E-state index contributed by atoms with van der Waals surface area (Å²) in [6.45, 7) is 0.151. The number of aromatic nitrogens is 4. The summed E-state index contributed by atoms with van der Waals surface area (Å²) in [5.41, 5.74) is 0.946. The van der Waals surface area contributed by atoms with Crippen LogP contribution >= 0.6 is 0 Å². The lowest BCUT2D eigenvalue weighted by Crippen LogP contribution is -2.43. The minimum Gasteiger partial charge on any atom is -0.371 e. The van der Waals surface area contributed by atoms with Crippen molar-refractivity contribution in [2.45, 2.75) is 37.8 Å². The second-order valence-electron chi connectivity index (χ2n) is 7.25. The van der Waals surface area contributed by atoms with E-state index in [9.17, 15) is 13.2 Å². The topological polar surface area (TPSA) is 56.1 Å². The Labute approximate surface area is 158 Å². The molecule has 2 aliphatic heterocycles. The molecule has 146 valence electrons. The van der Waals surface area contributed by atoms with Crippen molar-refractivity contribution in [2.75, 3.05) is 18.0 Å². The highest BCUT2D eigenvalue weighted by Crippen LogP contribution is 2.34. The van der Waals surface area contributed by atoms with Gasteiger partial charge in [0.2, 0.25) is 0 Å². The van der Waals surface area contributed by atoms with E-state index in [-0.39, 0.29) is 17.9 Å². The summed E-state index contributed by atoms with van der Waals surface area (Å²) < 4.78 is 45.8. The van der Waals surface area contributed by atoms with Crippen molar-refractivity contribution in [3.63, 3.8) is 0 Å². The van der Waals surface area contributed by atoms with Gasteiger partial charge in [-0.05, 0) is 12.8 Å². The van der Waals surface area contributed by atoms with Gasteiger partial charge in [-0.1, -0.05) is 30.3 Å². The number of fused-ring (bicyclic) bond motifs is 3. The first-order valence-corrected chi connectivity index (χ1v) is 9.22. The Hall–Kier alpha value is -2.68. The standard InChI is InChI=1S/C19H18F3N5O/c20-19(21,22)11-27-18-15(8-23-27)17(26-9-13-6-7-14(10-26)28-13)24-16(25-18)12-4-2-1-3-5-12/h1-5,8,13-14H,6-7,9-11H2. The van der Waals surface area contributed by atoms with Gasteiger partial charge in [0.25, 0.3) is 0 Å². The van der Waals surface area contributed by atoms with Crippen molar-refractivity contribution >= 4 is 16.9 Å². The molecule has 6 nitrogen and oxygen atoms in total. The van der Waals surface area contributed by atoms with Crippen LogP contribution in [-0.4, -0.2) is 51.2 Å². The summed E-state index contributed by atoms with van der Waals surface area (Å²) in [6, 6.07) is 9.27. The smallest absolute Gasteiger partial charge is 0.371 e. The van der Waals surface area contributed by atoms with E-state index in [1.54, 1.807) is 0 Å². The van der Waals surface area contributed by atoms with Gasteiger partial charge >= 0.3 is 6.18 Å². The summed E-state index contributed by atoms with van der Waals surface area (Å²) in [4.78, 5) is 11.3. The first-order chi connectivity index (χ1) is 13.5. The average Bonchev–Trinajstić information content (AvgIpc) is 3.23. The van der Waals surface area contributed by atoms with Gasteiger partial charge in [0.05, 0.1) is 23.8 Å². The Morgan fingerprint density at radius 3 is 2.43 bits per heavy atom. The second-order valence-corrected chi connectivity index (χ2v) is 7.25. The number of morpholine rings is 1. The molecule has 2 aromatic heterocycles. The van der Waals surface area contributed by atoms with E-state index in [0.717, 1.165) is 23.1 Å². The molecule has 2 saturated heterocycles. The van der Waals surface area contributed by atoms with Crippen LogP contribution in [0.4, 0.5) is 19.0 Å². The first kappa shape index (κ1) is 17.4. The molecule has 1 aromatic carbocycles. The number of hydrogen-bond donors (Lipinski definition) is 0. The van der Waals surface area contributed by atoms with Crippen LogP contribution in [0.15, 0.2) is 36.5 Å². The predicted molar refractivity (Wildman–Crippen MR) is 96.9 cm³/mol. The molecule has 9 heteroatoms. The zero-order valence-corrected chi connectivity index (χ0v) is 14.9. The molecule has 3 aromatic rings. The molecule has 2 atom stereocenters. The Bertz CT molecular complexity index is 992. The van der Waals surface area contributed by atoms with Gasteiger partial charge in [-0.2, -0.15) is 18.3 Å². The number of halogens is 3. The van der Waals surface area contributed by atoms with Crippen LogP contribution in [0.1, 0.15) is 12.8 Å². The van der Waals surface area contributed by atoms with E-state index in [4.69, 9.17) is 9.72 Å². The molecule has 2 aliphatic rings. The summed E-state index contributed by atoms with van der Waals surface area (Å²) >= 11 is 0. The molecule has 0 radical (unpaired) electrons. The average molecular weight is 389 g/mol. The SMILES string of the molecule is FC(F)(F)Cn1ncc2c(N3CC4CCC(C3)O4)nc(-c3ccccc3)nc21. The summed E-state index contributed by atoms with van der Waals surface area (Å²) in [6.07, 6.45) is -0.691. The van der Waals surface area contributed by atoms with E-state index >= 15 is 0 Å². The van der Waals surface area contributed by atoms with Crippen LogP contribution < -0.4 is 4.90 Å². The van der Waals surface area contributed by atoms with Crippen molar-refractivity contribution < 1.29 is 17.9 Å². The van der Waals surface area contributed by atoms with Crippen LogP contribution in [0.2, 0.25) is 0 Å². The fraction of sp³-hybridized carbons (Fsp3) is 0.421. The van der Waals surface area contributed by atoms with Crippen LogP contribution in [-0.2, 0) is 11.3 Å². The van der Waals surface area contributed by atoms with Crippen LogP contribution in [0, 0.1) is 0 Å². The number of benzene rings is 1. The molecule has 4 heterocycles.